The van der Waals surface area contributed by atoms with E-state index in [9.17, 15) is 8.42 Å². The minimum atomic E-state index is -3.33. The van der Waals surface area contributed by atoms with Gasteiger partial charge in [-0.05, 0) is 52.5 Å². The lowest BCUT2D eigenvalue weighted by molar-refractivity contribution is 0.600. The molecule has 3 N–H and O–H groups in total. The van der Waals surface area contributed by atoms with E-state index in [1.165, 1.54) is 0 Å². The number of hydrogen-bond donors (Lipinski definition) is 2. The maximum atomic E-state index is 12.0. The highest BCUT2D eigenvalue weighted by molar-refractivity contribution is 9.10. The molecule has 0 saturated carbocycles. The van der Waals surface area contributed by atoms with Gasteiger partial charge in [0.2, 0.25) is 10.0 Å². The lowest BCUT2D eigenvalue weighted by atomic mass is 10.0. The van der Waals surface area contributed by atoms with Gasteiger partial charge in [0.15, 0.2) is 0 Å². The molecule has 118 valence electrons. The summed E-state index contributed by atoms with van der Waals surface area (Å²) < 4.78 is 27.4. The van der Waals surface area contributed by atoms with Crippen LogP contribution < -0.4 is 10.5 Å². The maximum Gasteiger partial charge on any atom is 0.232 e. The molecule has 0 fully saturated rings. The van der Waals surface area contributed by atoms with Gasteiger partial charge in [-0.2, -0.15) is 0 Å². The van der Waals surface area contributed by atoms with Crippen molar-refractivity contribution in [3.63, 3.8) is 0 Å². The Labute approximate surface area is 139 Å². The molecule has 1 aromatic heterocycles. The van der Waals surface area contributed by atoms with Crippen LogP contribution in [0.3, 0.4) is 0 Å². The SMILES string of the molecule is CCCS(=O)(=O)Nc1cc(-c2cc(Br)cnc2N)ccc1C. The molecule has 0 radical (unpaired) electrons. The quantitative estimate of drug-likeness (QED) is 0.826. The molecule has 5 nitrogen and oxygen atoms in total. The summed E-state index contributed by atoms with van der Waals surface area (Å²) in [5.74, 6) is 0.492. The molecule has 0 aliphatic carbocycles. The summed E-state index contributed by atoms with van der Waals surface area (Å²) in [5, 5.41) is 0. The Morgan fingerprint density at radius 1 is 1.32 bits per heavy atom. The highest BCUT2D eigenvalue weighted by Gasteiger charge is 2.12. The summed E-state index contributed by atoms with van der Waals surface area (Å²) in [6.45, 7) is 3.69. The number of aromatic nitrogens is 1. The summed E-state index contributed by atoms with van der Waals surface area (Å²) >= 11 is 3.37. The van der Waals surface area contributed by atoms with Crippen LogP contribution in [0.2, 0.25) is 0 Å². The molecule has 7 heteroatoms. The number of nitrogens with one attached hydrogen (secondary N) is 1. The van der Waals surface area contributed by atoms with Gasteiger partial charge in [-0.1, -0.05) is 19.1 Å². The third-order valence-electron chi connectivity index (χ3n) is 3.17. The zero-order valence-corrected chi connectivity index (χ0v) is 14.8. The predicted octanol–water partition coefficient (Wildman–Crippen LogP) is 3.55. The summed E-state index contributed by atoms with van der Waals surface area (Å²) in [4.78, 5) is 4.10. The zero-order chi connectivity index (χ0) is 16.3. The van der Waals surface area contributed by atoms with E-state index in [0.717, 1.165) is 21.2 Å². The monoisotopic (exact) mass is 383 g/mol. The second-order valence-electron chi connectivity index (χ2n) is 5.04. The lowest BCUT2D eigenvalue weighted by Crippen LogP contribution is -2.16. The van der Waals surface area contributed by atoms with Crippen LogP contribution in [0.25, 0.3) is 11.1 Å². The van der Waals surface area contributed by atoms with Crippen molar-refractivity contribution in [3.8, 4) is 11.1 Å². The van der Waals surface area contributed by atoms with E-state index in [-0.39, 0.29) is 5.75 Å². The molecule has 0 bridgehead atoms. The number of rotatable bonds is 5. The third-order valence-corrected chi connectivity index (χ3v) is 5.08. The normalized spacial score (nSPS) is 11.4. The smallest absolute Gasteiger partial charge is 0.232 e. The number of anilines is 2. The van der Waals surface area contributed by atoms with Crippen molar-refractivity contribution in [2.24, 2.45) is 0 Å². The van der Waals surface area contributed by atoms with Gasteiger partial charge in [0.05, 0.1) is 11.4 Å². The second-order valence-corrected chi connectivity index (χ2v) is 7.79. The number of sulfonamides is 1. The van der Waals surface area contributed by atoms with E-state index in [0.29, 0.717) is 17.9 Å². The molecule has 0 atom stereocenters. The highest BCUT2D eigenvalue weighted by atomic mass is 79.9. The molecule has 0 aliphatic rings. The predicted molar refractivity (Wildman–Crippen MR) is 94.2 cm³/mol. The standard InChI is InChI=1S/C15H18BrN3O2S/c1-3-6-22(20,21)19-14-7-11(5-4-10(14)2)13-8-12(16)9-18-15(13)17/h4-5,7-9,19H,3,6H2,1-2H3,(H2,17,18). The largest absolute Gasteiger partial charge is 0.383 e. The molecule has 2 aromatic rings. The lowest BCUT2D eigenvalue weighted by Gasteiger charge is -2.13. The number of benzene rings is 1. The first-order chi connectivity index (χ1) is 10.3. The average molecular weight is 384 g/mol. The molecule has 22 heavy (non-hydrogen) atoms. The van der Waals surface area contributed by atoms with E-state index >= 15 is 0 Å². The first kappa shape index (κ1) is 16.8. The third kappa shape index (κ3) is 3.98. The fraction of sp³-hybridized carbons (Fsp3) is 0.267. The number of nitrogen functional groups attached to an aromatic ring is 1. The van der Waals surface area contributed by atoms with Crippen LogP contribution in [0.15, 0.2) is 34.9 Å². The summed E-state index contributed by atoms with van der Waals surface area (Å²) in [6, 6.07) is 7.39. The molecule has 0 saturated heterocycles. The van der Waals surface area contributed by atoms with Crippen molar-refractivity contribution in [2.45, 2.75) is 20.3 Å². The summed E-state index contributed by atoms with van der Waals surface area (Å²) in [7, 11) is -3.33. The van der Waals surface area contributed by atoms with Crippen molar-refractivity contribution >= 4 is 37.5 Å². The molecule has 0 unspecified atom stereocenters. The van der Waals surface area contributed by atoms with E-state index in [1.807, 2.05) is 32.0 Å². The van der Waals surface area contributed by atoms with Crippen molar-refractivity contribution < 1.29 is 8.42 Å². The van der Waals surface area contributed by atoms with Crippen molar-refractivity contribution in [1.82, 2.24) is 4.98 Å². The van der Waals surface area contributed by atoms with Gasteiger partial charge in [0.1, 0.15) is 5.82 Å². The molecule has 1 heterocycles. The summed E-state index contributed by atoms with van der Waals surface area (Å²) in [5.41, 5.74) is 8.89. The Bertz CT molecular complexity index is 791. The number of aryl methyl sites for hydroxylation is 1. The molecule has 0 aliphatic heterocycles. The maximum absolute atomic E-state index is 12.0. The number of halogens is 1. The molecule has 0 amide bonds. The van der Waals surface area contributed by atoms with E-state index < -0.39 is 10.0 Å². The molecule has 1 aromatic carbocycles. The van der Waals surface area contributed by atoms with Crippen LogP contribution in [0.1, 0.15) is 18.9 Å². The zero-order valence-electron chi connectivity index (χ0n) is 12.4. The molecule has 0 spiro atoms. The Morgan fingerprint density at radius 3 is 2.73 bits per heavy atom. The Kier molecular flexibility index (Phi) is 5.08. The van der Waals surface area contributed by atoms with Crippen molar-refractivity contribution in [2.75, 3.05) is 16.2 Å². The summed E-state index contributed by atoms with van der Waals surface area (Å²) in [6.07, 6.45) is 2.19. The molecule has 2 rings (SSSR count). The average Bonchev–Trinajstić information content (AvgIpc) is 2.44. The number of hydrogen-bond acceptors (Lipinski definition) is 4. The Balaban J connectivity index is 2.45. The van der Waals surface area contributed by atoms with Crippen molar-refractivity contribution in [1.29, 1.82) is 0 Å². The Hall–Kier alpha value is -1.60. The first-order valence-electron chi connectivity index (χ1n) is 6.85. The highest BCUT2D eigenvalue weighted by Crippen LogP contribution is 2.30. The van der Waals surface area contributed by atoms with Gasteiger partial charge in [0.25, 0.3) is 0 Å². The molecular weight excluding hydrogens is 366 g/mol. The van der Waals surface area contributed by atoms with Crippen LogP contribution in [0.4, 0.5) is 11.5 Å². The van der Waals surface area contributed by atoms with Crippen LogP contribution in [-0.2, 0) is 10.0 Å². The van der Waals surface area contributed by atoms with E-state index in [4.69, 9.17) is 5.73 Å². The minimum Gasteiger partial charge on any atom is -0.383 e. The topological polar surface area (TPSA) is 85.1 Å². The van der Waals surface area contributed by atoms with Crippen LogP contribution in [0, 0.1) is 6.92 Å². The minimum absolute atomic E-state index is 0.0945. The van der Waals surface area contributed by atoms with Gasteiger partial charge in [-0.3, -0.25) is 4.72 Å². The van der Waals surface area contributed by atoms with Gasteiger partial charge in [-0.25, -0.2) is 13.4 Å². The molecular formula is C15H18BrN3O2S. The van der Waals surface area contributed by atoms with Crippen molar-refractivity contribution in [3.05, 3.63) is 40.5 Å². The first-order valence-corrected chi connectivity index (χ1v) is 9.29. The second kappa shape index (κ2) is 6.66. The Morgan fingerprint density at radius 2 is 2.05 bits per heavy atom. The van der Waals surface area contributed by atoms with E-state index in [1.54, 1.807) is 12.3 Å². The van der Waals surface area contributed by atoms with E-state index in [2.05, 4.69) is 25.6 Å². The number of nitrogens with zero attached hydrogens (tertiary/aromatic N) is 1. The van der Waals surface area contributed by atoms with Gasteiger partial charge in [-0.15, -0.1) is 0 Å². The fourth-order valence-electron chi connectivity index (χ4n) is 2.07. The van der Waals surface area contributed by atoms with Gasteiger partial charge >= 0.3 is 0 Å². The number of pyridine rings is 1. The fourth-order valence-corrected chi connectivity index (χ4v) is 3.59. The van der Waals surface area contributed by atoms with Crippen LogP contribution >= 0.6 is 15.9 Å². The van der Waals surface area contributed by atoms with Gasteiger partial charge in [0, 0.05) is 16.2 Å². The van der Waals surface area contributed by atoms with Gasteiger partial charge < -0.3 is 5.73 Å². The van der Waals surface area contributed by atoms with Crippen LogP contribution in [0.5, 0.6) is 0 Å². The van der Waals surface area contributed by atoms with Crippen LogP contribution in [-0.4, -0.2) is 19.2 Å². The number of nitrogens with two attached hydrogens (primary N) is 1.